The fraction of sp³-hybridized carbons (Fsp3) is 0.407. The number of esters is 1. The van der Waals surface area contributed by atoms with Crippen molar-refractivity contribution < 1.29 is 23.9 Å². The quantitative estimate of drug-likeness (QED) is 0.565. The molecule has 2 N–H and O–H groups in total. The largest absolute Gasteiger partial charge is 0.493 e. The van der Waals surface area contributed by atoms with Gasteiger partial charge in [0.25, 0.3) is 5.91 Å². The summed E-state index contributed by atoms with van der Waals surface area (Å²) in [7, 11) is 1.58. The van der Waals surface area contributed by atoms with E-state index in [0.717, 1.165) is 11.1 Å². The average Bonchev–Trinajstić information content (AvgIpc) is 3.59. The van der Waals surface area contributed by atoms with E-state index < -0.39 is 0 Å². The molecule has 2 aromatic carbocycles. The molecule has 0 saturated heterocycles. The maximum Gasteiger partial charge on any atom is 0.305 e. The van der Waals surface area contributed by atoms with Crippen molar-refractivity contribution in [2.24, 2.45) is 5.92 Å². The number of hydrogen-bond donors (Lipinski definition) is 2. The number of nitrogens with one attached hydrogen (secondary N) is 2. The minimum Gasteiger partial charge on any atom is -0.493 e. The summed E-state index contributed by atoms with van der Waals surface area (Å²) in [5.41, 5.74) is 2.97. The lowest BCUT2D eigenvalue weighted by atomic mass is 9.86. The number of hydrogen-bond acceptors (Lipinski definition) is 6. The second-order valence-corrected chi connectivity index (χ2v) is 8.93. The van der Waals surface area contributed by atoms with Gasteiger partial charge in [-0.15, -0.1) is 0 Å². The van der Waals surface area contributed by atoms with Crippen LogP contribution in [0.25, 0.3) is 0 Å². The Bertz CT molecular complexity index is 1200. The number of ether oxygens (including phenoxy) is 2. The lowest BCUT2D eigenvalue weighted by Gasteiger charge is -2.27. The summed E-state index contributed by atoms with van der Waals surface area (Å²) < 4.78 is 10.8. The predicted octanol–water partition coefficient (Wildman–Crippen LogP) is 3.48. The molecule has 1 aliphatic carbocycles. The second-order valence-electron chi connectivity index (χ2n) is 8.93. The number of amides is 2. The summed E-state index contributed by atoms with van der Waals surface area (Å²) in [6.45, 7) is 2.63. The highest BCUT2D eigenvalue weighted by molar-refractivity contribution is 5.98. The molecular formula is C27H29N3O5. The zero-order valence-corrected chi connectivity index (χ0v) is 20.0. The van der Waals surface area contributed by atoms with Crippen molar-refractivity contribution in [2.45, 2.75) is 44.4 Å². The van der Waals surface area contributed by atoms with Crippen molar-refractivity contribution in [1.29, 1.82) is 5.26 Å². The maximum atomic E-state index is 13.4. The monoisotopic (exact) mass is 475 g/mol. The van der Waals surface area contributed by atoms with Crippen LogP contribution in [0.15, 0.2) is 36.4 Å². The van der Waals surface area contributed by atoms with Gasteiger partial charge < -0.3 is 20.1 Å². The van der Waals surface area contributed by atoms with E-state index >= 15 is 0 Å². The molecule has 8 nitrogen and oxygen atoms in total. The van der Waals surface area contributed by atoms with Crippen molar-refractivity contribution in [2.75, 3.05) is 25.6 Å². The van der Waals surface area contributed by atoms with Crippen LogP contribution in [0.3, 0.4) is 0 Å². The fourth-order valence-corrected chi connectivity index (χ4v) is 4.89. The zero-order valence-electron chi connectivity index (χ0n) is 20.0. The van der Waals surface area contributed by atoms with Crippen LogP contribution in [-0.4, -0.2) is 38.0 Å². The average molecular weight is 476 g/mol. The Kier molecular flexibility index (Phi) is 7.06. The number of anilines is 1. The second kappa shape index (κ2) is 10.2. The molecule has 2 atom stereocenters. The number of rotatable bonds is 8. The molecule has 2 aromatic rings. The highest BCUT2D eigenvalue weighted by atomic mass is 16.5. The number of carbonyl (C=O) groups excluding carboxylic acids is 3. The molecular weight excluding hydrogens is 446 g/mol. The summed E-state index contributed by atoms with van der Waals surface area (Å²) in [5, 5.41) is 15.0. The highest BCUT2D eigenvalue weighted by Gasteiger charge is 2.61. The summed E-state index contributed by atoms with van der Waals surface area (Å²) in [6, 6.07) is 12.7. The van der Waals surface area contributed by atoms with Gasteiger partial charge in [0.2, 0.25) is 5.91 Å². The third-order valence-corrected chi connectivity index (χ3v) is 6.83. The fourth-order valence-electron chi connectivity index (χ4n) is 4.89. The number of fused-ring (bicyclic) bond motifs is 2. The van der Waals surface area contributed by atoms with E-state index in [9.17, 15) is 19.6 Å². The molecule has 1 spiro atoms. The molecule has 1 saturated carbocycles. The SMILES string of the molecule is CCOC(=O)CCCc1ccc(C#N)cc1NC(=O)C1CC12CCOc1ccc(C(=O)NC)cc12. The number of nitrogens with zero attached hydrogens (tertiary/aromatic N) is 1. The third-order valence-electron chi connectivity index (χ3n) is 6.83. The van der Waals surface area contributed by atoms with Crippen LogP contribution >= 0.6 is 0 Å². The van der Waals surface area contributed by atoms with Crippen LogP contribution in [0, 0.1) is 17.2 Å². The van der Waals surface area contributed by atoms with Gasteiger partial charge in [0, 0.05) is 41.6 Å². The number of benzene rings is 2. The van der Waals surface area contributed by atoms with E-state index in [1.54, 1.807) is 38.2 Å². The lowest BCUT2D eigenvalue weighted by Crippen LogP contribution is -2.28. The van der Waals surface area contributed by atoms with Gasteiger partial charge in [-0.2, -0.15) is 5.26 Å². The molecule has 35 heavy (non-hydrogen) atoms. The Hall–Kier alpha value is -3.86. The summed E-state index contributed by atoms with van der Waals surface area (Å²) >= 11 is 0. The molecule has 182 valence electrons. The Morgan fingerprint density at radius 1 is 1.23 bits per heavy atom. The topological polar surface area (TPSA) is 118 Å². The molecule has 2 aliphatic rings. The summed E-state index contributed by atoms with van der Waals surface area (Å²) in [5.74, 6) is -0.101. The van der Waals surface area contributed by atoms with Gasteiger partial charge in [-0.25, -0.2) is 0 Å². The van der Waals surface area contributed by atoms with Crippen molar-refractivity contribution in [1.82, 2.24) is 5.32 Å². The molecule has 1 fully saturated rings. The lowest BCUT2D eigenvalue weighted by molar-refractivity contribution is -0.143. The van der Waals surface area contributed by atoms with E-state index in [0.29, 0.717) is 61.5 Å². The Balaban J connectivity index is 1.51. The van der Waals surface area contributed by atoms with Gasteiger partial charge in [-0.1, -0.05) is 6.07 Å². The minimum atomic E-state index is -0.362. The molecule has 2 amide bonds. The zero-order chi connectivity index (χ0) is 25.0. The standard InChI is InChI=1S/C27H29N3O5/c1-3-34-24(31)6-4-5-18-8-7-17(16-28)13-22(18)30-26(33)21-15-27(21)11-12-35-23-10-9-19(14-20(23)27)25(32)29-2/h7-10,13-14,21H,3-6,11-12,15H2,1-2H3,(H,29,32)(H,30,33). The molecule has 0 aromatic heterocycles. The highest BCUT2D eigenvalue weighted by Crippen LogP contribution is 2.61. The van der Waals surface area contributed by atoms with Crippen LogP contribution in [0.5, 0.6) is 5.75 Å². The van der Waals surface area contributed by atoms with Crippen LogP contribution in [0.4, 0.5) is 5.69 Å². The first-order chi connectivity index (χ1) is 16.9. The van der Waals surface area contributed by atoms with E-state index in [-0.39, 0.29) is 35.5 Å². The van der Waals surface area contributed by atoms with Crippen LogP contribution in [0.2, 0.25) is 0 Å². The molecule has 4 rings (SSSR count). The van der Waals surface area contributed by atoms with Gasteiger partial charge in [0.05, 0.1) is 24.8 Å². The first-order valence-electron chi connectivity index (χ1n) is 11.9. The van der Waals surface area contributed by atoms with Crippen LogP contribution < -0.4 is 15.4 Å². The molecule has 0 bridgehead atoms. The van der Waals surface area contributed by atoms with Crippen LogP contribution in [-0.2, 0) is 26.2 Å². The van der Waals surface area contributed by atoms with Gasteiger partial charge in [0.15, 0.2) is 0 Å². The van der Waals surface area contributed by atoms with Gasteiger partial charge >= 0.3 is 5.97 Å². The Labute approximate surface area is 204 Å². The van der Waals surface area contributed by atoms with Crippen molar-refractivity contribution in [3.8, 4) is 11.8 Å². The summed E-state index contributed by atoms with van der Waals surface area (Å²) in [6.07, 6.45) is 2.80. The molecule has 2 unspecified atom stereocenters. The van der Waals surface area contributed by atoms with Crippen molar-refractivity contribution >= 4 is 23.5 Å². The van der Waals surface area contributed by atoms with Gasteiger partial charge in [0.1, 0.15) is 5.75 Å². The minimum absolute atomic E-state index is 0.120. The number of nitriles is 1. The van der Waals surface area contributed by atoms with Gasteiger partial charge in [-0.05, 0) is 68.5 Å². The maximum absolute atomic E-state index is 13.4. The van der Waals surface area contributed by atoms with Gasteiger partial charge in [-0.3, -0.25) is 14.4 Å². The van der Waals surface area contributed by atoms with E-state index in [2.05, 4.69) is 16.7 Å². The first-order valence-corrected chi connectivity index (χ1v) is 11.9. The normalized spacial score (nSPS) is 19.6. The van der Waals surface area contributed by atoms with E-state index in [1.807, 2.05) is 12.1 Å². The summed E-state index contributed by atoms with van der Waals surface area (Å²) in [4.78, 5) is 37.2. The van der Waals surface area contributed by atoms with Crippen molar-refractivity contribution in [3.63, 3.8) is 0 Å². The first kappa shape index (κ1) is 24.3. The van der Waals surface area contributed by atoms with E-state index in [4.69, 9.17) is 9.47 Å². The number of carbonyl (C=O) groups is 3. The van der Waals surface area contributed by atoms with E-state index in [1.165, 1.54) is 0 Å². The molecule has 1 aliphatic heterocycles. The Morgan fingerprint density at radius 3 is 2.80 bits per heavy atom. The predicted molar refractivity (Wildman–Crippen MR) is 129 cm³/mol. The smallest absolute Gasteiger partial charge is 0.305 e. The van der Waals surface area contributed by atoms with Crippen molar-refractivity contribution in [3.05, 3.63) is 58.7 Å². The number of aryl methyl sites for hydroxylation is 1. The molecule has 8 heteroatoms. The molecule has 1 heterocycles. The van der Waals surface area contributed by atoms with Crippen LogP contribution in [0.1, 0.15) is 59.7 Å². The third kappa shape index (κ3) is 4.99. The molecule has 0 radical (unpaired) electrons. The Morgan fingerprint density at radius 2 is 2.06 bits per heavy atom.